The molecule has 2 heterocycles. The van der Waals surface area contributed by atoms with Crippen LogP contribution in [-0.2, 0) is 6.42 Å². The molecule has 0 unspecified atom stereocenters. The zero-order valence-corrected chi connectivity index (χ0v) is 14.1. The number of aromatic nitrogens is 2. The molecule has 0 aliphatic carbocycles. The largest absolute Gasteiger partial charge is 0.463 e. The highest BCUT2D eigenvalue weighted by molar-refractivity contribution is 9.10. The van der Waals surface area contributed by atoms with E-state index in [9.17, 15) is 0 Å². The van der Waals surface area contributed by atoms with Crippen LogP contribution in [0.5, 0.6) is 0 Å². The molecule has 3 N–H and O–H groups in total. The number of furan rings is 1. The van der Waals surface area contributed by atoms with Gasteiger partial charge in [0.2, 0.25) is 5.95 Å². The Hall–Kier alpha value is -2.34. The summed E-state index contributed by atoms with van der Waals surface area (Å²) >= 11 is 3.53. The van der Waals surface area contributed by atoms with Crippen molar-refractivity contribution in [2.75, 3.05) is 17.6 Å². The van der Waals surface area contributed by atoms with Crippen LogP contribution in [0.15, 0.2) is 57.6 Å². The number of halogens is 1. The minimum atomic E-state index is 0.213. The van der Waals surface area contributed by atoms with Crippen LogP contribution in [0.1, 0.15) is 12.0 Å². The maximum Gasteiger partial charge on any atom is 0.222 e. The lowest BCUT2D eigenvalue weighted by atomic mass is 10.1. The maximum atomic E-state index is 5.80. The second-order valence-electron chi connectivity index (χ2n) is 5.09. The smallest absolute Gasteiger partial charge is 0.222 e. The number of anilines is 2. The quantitative estimate of drug-likeness (QED) is 0.636. The number of aryl methyl sites for hydroxylation is 1. The first-order chi connectivity index (χ1) is 11.2. The van der Waals surface area contributed by atoms with Gasteiger partial charge < -0.3 is 15.5 Å². The van der Waals surface area contributed by atoms with Gasteiger partial charge in [-0.3, -0.25) is 0 Å². The van der Waals surface area contributed by atoms with Gasteiger partial charge in [0.1, 0.15) is 11.5 Å². The van der Waals surface area contributed by atoms with Crippen molar-refractivity contribution >= 4 is 27.7 Å². The van der Waals surface area contributed by atoms with E-state index in [2.05, 4.69) is 55.5 Å². The fraction of sp³-hybridized carbons (Fsp3) is 0.176. The molecule has 3 rings (SSSR count). The molecular weight excluding hydrogens is 356 g/mol. The molecule has 0 bridgehead atoms. The molecule has 118 valence electrons. The van der Waals surface area contributed by atoms with Crippen molar-refractivity contribution in [1.82, 2.24) is 9.97 Å². The molecule has 0 saturated carbocycles. The van der Waals surface area contributed by atoms with Crippen LogP contribution in [0.2, 0.25) is 0 Å². The first kappa shape index (κ1) is 15.6. The summed E-state index contributed by atoms with van der Waals surface area (Å²) in [5.74, 6) is 1.54. The first-order valence-corrected chi connectivity index (χ1v) is 8.18. The van der Waals surface area contributed by atoms with E-state index in [0.29, 0.717) is 17.3 Å². The van der Waals surface area contributed by atoms with Crippen LogP contribution < -0.4 is 11.1 Å². The third-order valence-electron chi connectivity index (χ3n) is 3.40. The molecular formula is C17H17BrN4O. The van der Waals surface area contributed by atoms with Crippen LogP contribution in [0.3, 0.4) is 0 Å². The van der Waals surface area contributed by atoms with Crippen molar-refractivity contribution in [3.05, 3.63) is 58.8 Å². The number of hydrogen-bond donors (Lipinski definition) is 2. The second kappa shape index (κ2) is 7.28. The highest BCUT2D eigenvalue weighted by Gasteiger charge is 2.14. The molecule has 0 amide bonds. The van der Waals surface area contributed by atoms with Crippen LogP contribution in [0.25, 0.3) is 11.5 Å². The second-order valence-corrected chi connectivity index (χ2v) is 5.88. The molecule has 0 fully saturated rings. The standard InChI is InChI=1S/C17H17BrN4O/c18-14-15(13-9-5-11-23-13)21-17(19)22-16(14)20-10-4-8-12-6-2-1-3-7-12/h1-3,5-7,9,11H,4,8,10H2,(H3,19,20,21,22). The van der Waals surface area contributed by atoms with E-state index in [0.717, 1.165) is 23.9 Å². The Labute approximate surface area is 143 Å². The molecule has 3 aromatic rings. The predicted molar refractivity (Wildman–Crippen MR) is 95.1 cm³/mol. The number of nitrogens with one attached hydrogen (secondary N) is 1. The molecule has 0 aliphatic rings. The molecule has 0 aliphatic heterocycles. The van der Waals surface area contributed by atoms with Crippen molar-refractivity contribution in [3.8, 4) is 11.5 Å². The summed E-state index contributed by atoms with van der Waals surface area (Å²) in [4.78, 5) is 8.49. The number of hydrogen-bond acceptors (Lipinski definition) is 5. The molecule has 1 aromatic carbocycles. The number of benzene rings is 1. The fourth-order valence-electron chi connectivity index (χ4n) is 2.30. The van der Waals surface area contributed by atoms with E-state index in [1.807, 2.05) is 18.2 Å². The molecule has 5 nitrogen and oxygen atoms in total. The van der Waals surface area contributed by atoms with Crippen LogP contribution in [0, 0.1) is 0 Å². The lowest BCUT2D eigenvalue weighted by Crippen LogP contribution is -2.08. The van der Waals surface area contributed by atoms with Crippen molar-refractivity contribution < 1.29 is 4.42 Å². The summed E-state index contributed by atoms with van der Waals surface area (Å²) in [5, 5.41) is 3.31. The van der Waals surface area contributed by atoms with E-state index in [-0.39, 0.29) is 5.95 Å². The summed E-state index contributed by atoms with van der Waals surface area (Å²) in [6, 6.07) is 14.1. The normalized spacial score (nSPS) is 10.7. The van der Waals surface area contributed by atoms with E-state index in [4.69, 9.17) is 10.2 Å². The highest BCUT2D eigenvalue weighted by Crippen LogP contribution is 2.32. The number of rotatable bonds is 6. The maximum absolute atomic E-state index is 5.80. The third-order valence-corrected chi connectivity index (χ3v) is 4.15. The van der Waals surface area contributed by atoms with Crippen LogP contribution >= 0.6 is 15.9 Å². The number of nitrogens with zero attached hydrogens (tertiary/aromatic N) is 2. The van der Waals surface area contributed by atoms with Crippen molar-refractivity contribution in [2.45, 2.75) is 12.8 Å². The monoisotopic (exact) mass is 372 g/mol. The van der Waals surface area contributed by atoms with E-state index >= 15 is 0 Å². The molecule has 6 heteroatoms. The lowest BCUT2D eigenvalue weighted by Gasteiger charge is -2.10. The summed E-state index contributed by atoms with van der Waals surface area (Å²) in [6.07, 6.45) is 3.61. The molecule has 0 saturated heterocycles. The fourth-order valence-corrected chi connectivity index (χ4v) is 2.81. The number of nitrogens with two attached hydrogens (primary N) is 1. The Morgan fingerprint density at radius 2 is 1.91 bits per heavy atom. The van der Waals surface area contributed by atoms with Gasteiger partial charge in [0, 0.05) is 6.54 Å². The minimum Gasteiger partial charge on any atom is -0.463 e. The SMILES string of the molecule is Nc1nc(NCCCc2ccccc2)c(Br)c(-c2ccco2)n1. The first-order valence-electron chi connectivity index (χ1n) is 7.39. The molecule has 0 radical (unpaired) electrons. The van der Waals surface area contributed by atoms with Crippen LogP contribution in [-0.4, -0.2) is 16.5 Å². The van der Waals surface area contributed by atoms with Gasteiger partial charge in [-0.25, -0.2) is 4.98 Å². The summed E-state index contributed by atoms with van der Waals surface area (Å²) < 4.78 is 6.14. The van der Waals surface area contributed by atoms with Gasteiger partial charge in [-0.1, -0.05) is 30.3 Å². The Balaban J connectivity index is 1.66. The number of nitrogen functional groups attached to an aromatic ring is 1. The molecule has 0 spiro atoms. The van der Waals surface area contributed by atoms with Gasteiger partial charge >= 0.3 is 0 Å². The Bertz CT molecular complexity index is 760. The third kappa shape index (κ3) is 3.90. The van der Waals surface area contributed by atoms with E-state index < -0.39 is 0 Å². The van der Waals surface area contributed by atoms with E-state index in [1.54, 1.807) is 6.26 Å². The molecule has 2 aromatic heterocycles. The van der Waals surface area contributed by atoms with Crippen molar-refractivity contribution in [2.24, 2.45) is 0 Å². The zero-order chi connectivity index (χ0) is 16.1. The average Bonchev–Trinajstić information content (AvgIpc) is 3.09. The van der Waals surface area contributed by atoms with Gasteiger partial charge in [0.25, 0.3) is 0 Å². The molecule has 23 heavy (non-hydrogen) atoms. The Kier molecular flexibility index (Phi) is 4.92. The highest BCUT2D eigenvalue weighted by atomic mass is 79.9. The summed E-state index contributed by atoms with van der Waals surface area (Å²) in [7, 11) is 0. The Morgan fingerprint density at radius 1 is 1.09 bits per heavy atom. The average molecular weight is 373 g/mol. The predicted octanol–water partition coefficient (Wildman–Crippen LogP) is 4.13. The van der Waals surface area contributed by atoms with Gasteiger partial charge in [-0.2, -0.15) is 4.98 Å². The van der Waals surface area contributed by atoms with Gasteiger partial charge in [-0.15, -0.1) is 0 Å². The zero-order valence-electron chi connectivity index (χ0n) is 12.5. The summed E-state index contributed by atoms with van der Waals surface area (Å²) in [5.41, 5.74) is 7.78. The lowest BCUT2D eigenvalue weighted by molar-refractivity contribution is 0.579. The minimum absolute atomic E-state index is 0.213. The van der Waals surface area contributed by atoms with Gasteiger partial charge in [0.15, 0.2) is 5.76 Å². The van der Waals surface area contributed by atoms with Crippen LogP contribution in [0.4, 0.5) is 11.8 Å². The van der Waals surface area contributed by atoms with Gasteiger partial charge in [0.05, 0.1) is 10.7 Å². The van der Waals surface area contributed by atoms with Crippen molar-refractivity contribution in [1.29, 1.82) is 0 Å². The van der Waals surface area contributed by atoms with E-state index in [1.165, 1.54) is 5.56 Å². The summed E-state index contributed by atoms with van der Waals surface area (Å²) in [6.45, 7) is 0.793. The Morgan fingerprint density at radius 3 is 2.65 bits per heavy atom. The topological polar surface area (TPSA) is 77.0 Å². The molecule has 0 atom stereocenters. The van der Waals surface area contributed by atoms with Crippen molar-refractivity contribution in [3.63, 3.8) is 0 Å². The van der Waals surface area contributed by atoms with Gasteiger partial charge in [-0.05, 0) is 46.5 Å².